The number of hydrogen-bond donors (Lipinski definition) is 1. The van der Waals surface area contributed by atoms with Crippen LogP contribution in [0.4, 0.5) is 0 Å². The van der Waals surface area contributed by atoms with E-state index in [0.717, 1.165) is 17.9 Å². The summed E-state index contributed by atoms with van der Waals surface area (Å²) in [4.78, 5) is 10.4. The van der Waals surface area contributed by atoms with Gasteiger partial charge in [-0.1, -0.05) is 6.92 Å². The average Bonchev–Trinajstić information content (AvgIpc) is 2.36. The summed E-state index contributed by atoms with van der Waals surface area (Å²) in [5.41, 5.74) is 0. The van der Waals surface area contributed by atoms with E-state index >= 15 is 0 Å². The first kappa shape index (κ1) is 14.4. The van der Waals surface area contributed by atoms with E-state index in [1.807, 2.05) is 24.3 Å². The summed E-state index contributed by atoms with van der Waals surface area (Å²) in [7, 11) is 1.63. The molecule has 0 amide bonds. The van der Waals surface area contributed by atoms with Crippen LogP contribution in [0.3, 0.4) is 0 Å². The third-order valence-corrected chi connectivity index (χ3v) is 2.68. The van der Waals surface area contributed by atoms with Crippen molar-refractivity contribution in [3.8, 4) is 11.5 Å². The molecule has 0 bridgehead atoms. The van der Waals surface area contributed by atoms with E-state index < -0.39 is 5.97 Å². The molecular formula is C14H20O4. The zero-order valence-electron chi connectivity index (χ0n) is 10.9. The Balaban J connectivity index is 2.24. The van der Waals surface area contributed by atoms with E-state index in [-0.39, 0.29) is 6.42 Å². The molecule has 0 aliphatic heterocycles. The Morgan fingerprint density at radius 2 is 1.89 bits per heavy atom. The van der Waals surface area contributed by atoms with Crippen LogP contribution in [-0.4, -0.2) is 24.8 Å². The van der Waals surface area contributed by atoms with Gasteiger partial charge in [-0.3, -0.25) is 4.79 Å². The Morgan fingerprint density at radius 3 is 2.44 bits per heavy atom. The predicted molar refractivity (Wildman–Crippen MR) is 69.1 cm³/mol. The van der Waals surface area contributed by atoms with Gasteiger partial charge in [-0.25, -0.2) is 0 Å². The third-order valence-electron chi connectivity index (χ3n) is 2.68. The average molecular weight is 252 g/mol. The van der Waals surface area contributed by atoms with E-state index in [4.69, 9.17) is 14.6 Å². The van der Waals surface area contributed by atoms with Crippen molar-refractivity contribution in [1.82, 2.24) is 0 Å². The van der Waals surface area contributed by atoms with Gasteiger partial charge in [-0.2, -0.15) is 0 Å². The number of methoxy groups -OCH3 is 1. The largest absolute Gasteiger partial charge is 0.497 e. The SMILES string of the molecule is COc1ccc(OCC(C)CCCC(=O)O)cc1. The number of hydrogen-bond acceptors (Lipinski definition) is 3. The van der Waals surface area contributed by atoms with Crippen LogP contribution in [0.1, 0.15) is 26.2 Å². The van der Waals surface area contributed by atoms with Crippen molar-refractivity contribution < 1.29 is 19.4 Å². The van der Waals surface area contributed by atoms with Crippen molar-refractivity contribution in [2.75, 3.05) is 13.7 Å². The summed E-state index contributed by atoms with van der Waals surface area (Å²) < 4.78 is 10.7. The maximum atomic E-state index is 10.4. The van der Waals surface area contributed by atoms with Crippen LogP contribution in [0.25, 0.3) is 0 Å². The molecule has 100 valence electrons. The fraction of sp³-hybridized carbons (Fsp3) is 0.500. The maximum Gasteiger partial charge on any atom is 0.303 e. The van der Waals surface area contributed by atoms with E-state index in [2.05, 4.69) is 6.92 Å². The Hall–Kier alpha value is -1.71. The van der Waals surface area contributed by atoms with Crippen molar-refractivity contribution in [2.45, 2.75) is 26.2 Å². The standard InChI is InChI=1S/C14H20O4/c1-11(4-3-5-14(15)16)10-18-13-8-6-12(17-2)7-9-13/h6-9,11H,3-5,10H2,1-2H3,(H,15,16). The van der Waals surface area contributed by atoms with Crippen molar-refractivity contribution in [1.29, 1.82) is 0 Å². The number of carbonyl (C=O) groups is 1. The van der Waals surface area contributed by atoms with Gasteiger partial charge in [0.1, 0.15) is 11.5 Å². The molecule has 1 aromatic carbocycles. The lowest BCUT2D eigenvalue weighted by molar-refractivity contribution is -0.137. The van der Waals surface area contributed by atoms with Crippen LogP contribution < -0.4 is 9.47 Å². The van der Waals surface area contributed by atoms with Crippen LogP contribution in [0.5, 0.6) is 11.5 Å². The van der Waals surface area contributed by atoms with E-state index in [0.29, 0.717) is 18.9 Å². The molecule has 0 aliphatic carbocycles. The molecule has 1 N–H and O–H groups in total. The van der Waals surface area contributed by atoms with Gasteiger partial charge in [0.25, 0.3) is 0 Å². The fourth-order valence-electron chi connectivity index (χ4n) is 1.60. The molecule has 4 nitrogen and oxygen atoms in total. The molecule has 0 saturated carbocycles. The molecule has 0 spiro atoms. The number of aliphatic carboxylic acids is 1. The van der Waals surface area contributed by atoms with Gasteiger partial charge in [0.05, 0.1) is 13.7 Å². The first-order chi connectivity index (χ1) is 8.61. The number of carboxylic acid groups (broad SMARTS) is 1. The van der Waals surface area contributed by atoms with E-state index in [9.17, 15) is 4.79 Å². The highest BCUT2D eigenvalue weighted by Gasteiger charge is 2.05. The van der Waals surface area contributed by atoms with Crippen LogP contribution in [0.15, 0.2) is 24.3 Å². The normalized spacial score (nSPS) is 11.9. The molecule has 1 aromatic rings. The maximum absolute atomic E-state index is 10.4. The first-order valence-corrected chi connectivity index (χ1v) is 6.10. The first-order valence-electron chi connectivity index (χ1n) is 6.10. The zero-order chi connectivity index (χ0) is 13.4. The van der Waals surface area contributed by atoms with Gasteiger partial charge in [-0.05, 0) is 43.0 Å². The molecule has 0 fully saturated rings. The Bertz CT molecular complexity index is 359. The van der Waals surface area contributed by atoms with Crippen molar-refractivity contribution in [2.24, 2.45) is 5.92 Å². The molecule has 0 heterocycles. The smallest absolute Gasteiger partial charge is 0.303 e. The molecule has 4 heteroatoms. The monoisotopic (exact) mass is 252 g/mol. The second-order valence-electron chi connectivity index (χ2n) is 4.38. The van der Waals surface area contributed by atoms with Gasteiger partial charge < -0.3 is 14.6 Å². The predicted octanol–water partition coefficient (Wildman–Crippen LogP) is 2.97. The van der Waals surface area contributed by atoms with Crippen molar-refractivity contribution in [3.05, 3.63) is 24.3 Å². The minimum absolute atomic E-state index is 0.229. The third kappa shape index (κ3) is 5.57. The van der Waals surface area contributed by atoms with Gasteiger partial charge >= 0.3 is 5.97 Å². The quantitative estimate of drug-likeness (QED) is 0.772. The minimum Gasteiger partial charge on any atom is -0.497 e. The number of rotatable bonds is 8. The highest BCUT2D eigenvalue weighted by atomic mass is 16.5. The van der Waals surface area contributed by atoms with Gasteiger partial charge in [0.2, 0.25) is 0 Å². The lowest BCUT2D eigenvalue weighted by Crippen LogP contribution is -2.09. The lowest BCUT2D eigenvalue weighted by Gasteiger charge is -2.12. The second kappa shape index (κ2) is 7.58. The van der Waals surface area contributed by atoms with Crippen molar-refractivity contribution in [3.63, 3.8) is 0 Å². The van der Waals surface area contributed by atoms with Gasteiger partial charge in [0.15, 0.2) is 0 Å². The molecule has 0 radical (unpaired) electrons. The summed E-state index contributed by atoms with van der Waals surface area (Å²) in [6.45, 7) is 2.66. The highest BCUT2D eigenvalue weighted by Crippen LogP contribution is 2.18. The lowest BCUT2D eigenvalue weighted by atomic mass is 10.1. The Labute approximate surface area is 108 Å². The van der Waals surface area contributed by atoms with Crippen LogP contribution >= 0.6 is 0 Å². The number of carboxylic acids is 1. The van der Waals surface area contributed by atoms with Gasteiger partial charge in [0, 0.05) is 6.42 Å². The van der Waals surface area contributed by atoms with Gasteiger partial charge in [-0.15, -0.1) is 0 Å². The van der Waals surface area contributed by atoms with Crippen LogP contribution in [-0.2, 0) is 4.79 Å². The van der Waals surface area contributed by atoms with E-state index in [1.54, 1.807) is 7.11 Å². The summed E-state index contributed by atoms with van der Waals surface area (Å²) in [6.07, 6.45) is 1.79. The zero-order valence-corrected chi connectivity index (χ0v) is 10.9. The van der Waals surface area contributed by atoms with Crippen molar-refractivity contribution >= 4 is 5.97 Å². The molecule has 0 saturated heterocycles. The highest BCUT2D eigenvalue weighted by molar-refractivity contribution is 5.66. The molecular weight excluding hydrogens is 232 g/mol. The Morgan fingerprint density at radius 1 is 1.28 bits per heavy atom. The summed E-state index contributed by atoms with van der Waals surface area (Å²) >= 11 is 0. The van der Waals surface area contributed by atoms with E-state index in [1.165, 1.54) is 0 Å². The molecule has 0 aliphatic rings. The minimum atomic E-state index is -0.738. The van der Waals surface area contributed by atoms with Crippen LogP contribution in [0, 0.1) is 5.92 Å². The molecule has 1 unspecified atom stereocenters. The summed E-state index contributed by atoms with van der Waals surface area (Å²) in [5, 5.41) is 8.54. The molecule has 1 rings (SSSR count). The topological polar surface area (TPSA) is 55.8 Å². The Kier molecular flexibility index (Phi) is 6.05. The summed E-state index contributed by atoms with van der Waals surface area (Å²) in [6, 6.07) is 7.43. The molecule has 1 atom stereocenters. The molecule has 18 heavy (non-hydrogen) atoms. The second-order valence-corrected chi connectivity index (χ2v) is 4.38. The number of benzene rings is 1. The number of ether oxygens (including phenoxy) is 2. The fourth-order valence-corrected chi connectivity index (χ4v) is 1.60. The molecule has 0 aromatic heterocycles. The summed E-state index contributed by atoms with van der Waals surface area (Å²) in [5.74, 6) is 1.22. The van der Waals surface area contributed by atoms with Crippen LogP contribution in [0.2, 0.25) is 0 Å².